The summed E-state index contributed by atoms with van der Waals surface area (Å²) in [7, 11) is 0. The van der Waals surface area contributed by atoms with E-state index >= 15 is 0 Å². The van der Waals surface area contributed by atoms with Crippen molar-refractivity contribution in [2.24, 2.45) is 9.98 Å². The van der Waals surface area contributed by atoms with E-state index < -0.39 is 0 Å². The summed E-state index contributed by atoms with van der Waals surface area (Å²) in [6.07, 6.45) is 6.21. The largest absolute Gasteiger partial charge is 0.240 e. The Hall–Kier alpha value is -3.06. The third-order valence-electron chi connectivity index (χ3n) is 3.20. The van der Waals surface area contributed by atoms with Crippen LogP contribution in [0.1, 0.15) is 16.7 Å². The van der Waals surface area contributed by atoms with E-state index in [0.717, 1.165) is 16.7 Å². The summed E-state index contributed by atoms with van der Waals surface area (Å²) < 4.78 is 0. The van der Waals surface area contributed by atoms with E-state index in [2.05, 4.69) is 16.6 Å². The number of nitrogens with zero attached hydrogens (tertiary/aromatic N) is 2. The fourth-order valence-electron chi connectivity index (χ4n) is 2.18. The molecule has 4 heteroatoms. The first-order valence-electron chi connectivity index (χ1n) is 6.74. The monoisotopic (exact) mass is 290 g/mol. The second-order valence-corrected chi connectivity index (χ2v) is 4.71. The molecule has 22 heavy (non-hydrogen) atoms. The zero-order valence-corrected chi connectivity index (χ0v) is 12.0. The standard InChI is InChI=1S/C18H14N2O2/c1-2-3-16-7-4-15(11-18(16)20-13-22)10-14-5-8-17(9-6-14)19-12-21/h2,4-9,11H,1,3,10H2. The average Bonchev–Trinajstić information content (AvgIpc) is 2.52. The lowest BCUT2D eigenvalue weighted by molar-refractivity contribution is 0.564. The normalized spacial score (nSPS) is 9.45. The van der Waals surface area contributed by atoms with Crippen LogP contribution in [0.2, 0.25) is 0 Å². The third kappa shape index (κ3) is 3.97. The summed E-state index contributed by atoms with van der Waals surface area (Å²) >= 11 is 0. The second kappa shape index (κ2) is 7.65. The number of isocyanates is 2. The van der Waals surface area contributed by atoms with Crippen LogP contribution in [0.5, 0.6) is 0 Å². The first kappa shape index (κ1) is 15.3. The Morgan fingerprint density at radius 1 is 0.955 bits per heavy atom. The van der Waals surface area contributed by atoms with Gasteiger partial charge in [-0.3, -0.25) is 0 Å². The van der Waals surface area contributed by atoms with Gasteiger partial charge in [0, 0.05) is 0 Å². The molecule has 0 fully saturated rings. The molecule has 0 aliphatic heterocycles. The van der Waals surface area contributed by atoms with Crippen LogP contribution in [0.3, 0.4) is 0 Å². The molecule has 0 N–H and O–H groups in total. The fourth-order valence-corrected chi connectivity index (χ4v) is 2.18. The van der Waals surface area contributed by atoms with Crippen LogP contribution in [-0.4, -0.2) is 12.2 Å². The summed E-state index contributed by atoms with van der Waals surface area (Å²) in [5.41, 5.74) is 4.24. The highest BCUT2D eigenvalue weighted by Gasteiger charge is 2.04. The molecule has 0 atom stereocenters. The topological polar surface area (TPSA) is 58.9 Å². The molecule has 0 unspecified atom stereocenters. The highest BCUT2D eigenvalue weighted by molar-refractivity contribution is 5.56. The Balaban J connectivity index is 2.25. The van der Waals surface area contributed by atoms with Crippen LogP contribution in [0.4, 0.5) is 11.4 Å². The van der Waals surface area contributed by atoms with E-state index in [9.17, 15) is 9.59 Å². The van der Waals surface area contributed by atoms with Crippen molar-refractivity contribution in [2.45, 2.75) is 12.8 Å². The number of hydrogen-bond donors (Lipinski definition) is 0. The quantitative estimate of drug-likeness (QED) is 0.459. The van der Waals surface area contributed by atoms with Gasteiger partial charge in [-0.25, -0.2) is 9.59 Å². The van der Waals surface area contributed by atoms with Gasteiger partial charge in [-0.1, -0.05) is 30.3 Å². The van der Waals surface area contributed by atoms with E-state index in [-0.39, 0.29) is 0 Å². The number of hydrogen-bond acceptors (Lipinski definition) is 4. The van der Waals surface area contributed by atoms with E-state index in [1.165, 1.54) is 6.08 Å². The number of aliphatic imine (C=N–C) groups is 2. The molecular formula is C18H14N2O2. The van der Waals surface area contributed by atoms with Crippen molar-refractivity contribution in [1.82, 2.24) is 0 Å². The molecule has 0 bridgehead atoms. The molecule has 0 heterocycles. The smallest absolute Gasteiger partial charge is 0.211 e. The number of allylic oxidation sites excluding steroid dienone is 1. The molecule has 2 aromatic rings. The SMILES string of the molecule is C=CCc1ccc(Cc2ccc(N=C=O)cc2)cc1N=C=O. The van der Waals surface area contributed by atoms with E-state index in [0.29, 0.717) is 24.2 Å². The molecule has 0 saturated heterocycles. The van der Waals surface area contributed by atoms with Crippen molar-refractivity contribution in [1.29, 1.82) is 0 Å². The Morgan fingerprint density at radius 3 is 2.27 bits per heavy atom. The van der Waals surface area contributed by atoms with Crippen molar-refractivity contribution in [3.8, 4) is 0 Å². The molecule has 0 saturated carbocycles. The minimum Gasteiger partial charge on any atom is -0.211 e. The zero-order chi connectivity index (χ0) is 15.8. The van der Waals surface area contributed by atoms with Gasteiger partial charge in [0.2, 0.25) is 12.2 Å². The van der Waals surface area contributed by atoms with E-state index in [1.54, 1.807) is 24.3 Å². The van der Waals surface area contributed by atoms with Crippen LogP contribution in [0, 0.1) is 0 Å². The highest BCUT2D eigenvalue weighted by atomic mass is 16.1. The van der Waals surface area contributed by atoms with Gasteiger partial charge in [0.25, 0.3) is 0 Å². The van der Waals surface area contributed by atoms with Gasteiger partial charge in [0.05, 0.1) is 11.4 Å². The van der Waals surface area contributed by atoms with Gasteiger partial charge in [-0.05, 0) is 47.7 Å². The summed E-state index contributed by atoms with van der Waals surface area (Å²) in [4.78, 5) is 28.0. The summed E-state index contributed by atoms with van der Waals surface area (Å²) in [5.74, 6) is 0. The Morgan fingerprint density at radius 2 is 1.64 bits per heavy atom. The molecule has 0 aliphatic rings. The van der Waals surface area contributed by atoms with Crippen LogP contribution < -0.4 is 0 Å². The Kier molecular flexibility index (Phi) is 5.33. The molecule has 108 valence electrons. The van der Waals surface area contributed by atoms with Gasteiger partial charge in [-0.2, -0.15) is 9.98 Å². The Bertz CT molecular complexity index is 766. The first-order valence-corrected chi connectivity index (χ1v) is 6.74. The minimum absolute atomic E-state index is 0.575. The van der Waals surface area contributed by atoms with Gasteiger partial charge < -0.3 is 0 Å². The van der Waals surface area contributed by atoms with Gasteiger partial charge >= 0.3 is 0 Å². The molecule has 0 radical (unpaired) electrons. The van der Waals surface area contributed by atoms with Crippen LogP contribution in [0.15, 0.2) is 65.1 Å². The van der Waals surface area contributed by atoms with Gasteiger partial charge in [0.15, 0.2) is 0 Å². The summed E-state index contributed by atoms with van der Waals surface area (Å²) in [5, 5.41) is 0. The molecule has 0 aliphatic carbocycles. The lowest BCUT2D eigenvalue weighted by atomic mass is 10.0. The van der Waals surface area contributed by atoms with Crippen LogP contribution >= 0.6 is 0 Å². The predicted octanol–water partition coefficient (Wildman–Crippen LogP) is 3.94. The summed E-state index contributed by atoms with van der Waals surface area (Å²) in [6, 6.07) is 13.1. The Labute approximate surface area is 128 Å². The second-order valence-electron chi connectivity index (χ2n) is 4.71. The lowest BCUT2D eigenvalue weighted by Crippen LogP contribution is -1.90. The molecule has 0 amide bonds. The maximum atomic E-state index is 10.5. The minimum atomic E-state index is 0.575. The van der Waals surface area contributed by atoms with E-state index in [4.69, 9.17) is 0 Å². The molecule has 0 spiro atoms. The maximum Gasteiger partial charge on any atom is 0.240 e. The highest BCUT2D eigenvalue weighted by Crippen LogP contribution is 2.23. The van der Waals surface area contributed by atoms with Gasteiger partial charge in [-0.15, -0.1) is 6.58 Å². The summed E-state index contributed by atoms with van der Waals surface area (Å²) in [6.45, 7) is 3.69. The molecule has 0 aromatic heterocycles. The van der Waals surface area contributed by atoms with Crippen LogP contribution in [-0.2, 0) is 22.4 Å². The van der Waals surface area contributed by atoms with Crippen molar-refractivity contribution in [3.05, 3.63) is 71.8 Å². The van der Waals surface area contributed by atoms with Crippen molar-refractivity contribution in [3.63, 3.8) is 0 Å². The van der Waals surface area contributed by atoms with Crippen molar-refractivity contribution in [2.75, 3.05) is 0 Å². The number of carbonyl (C=O) groups excluding carboxylic acids is 2. The van der Waals surface area contributed by atoms with Gasteiger partial charge in [0.1, 0.15) is 0 Å². The maximum absolute atomic E-state index is 10.5. The van der Waals surface area contributed by atoms with Crippen molar-refractivity contribution < 1.29 is 9.59 Å². The predicted molar refractivity (Wildman–Crippen MR) is 85.2 cm³/mol. The average molecular weight is 290 g/mol. The van der Waals surface area contributed by atoms with Crippen LogP contribution in [0.25, 0.3) is 0 Å². The van der Waals surface area contributed by atoms with Crippen molar-refractivity contribution >= 4 is 23.5 Å². The first-order chi connectivity index (χ1) is 10.8. The molecule has 4 nitrogen and oxygen atoms in total. The third-order valence-corrected chi connectivity index (χ3v) is 3.20. The fraction of sp³-hybridized carbons (Fsp3) is 0.111. The molecular weight excluding hydrogens is 276 g/mol. The number of benzene rings is 2. The molecule has 2 aromatic carbocycles. The molecule has 2 rings (SSSR count). The lowest BCUT2D eigenvalue weighted by Gasteiger charge is -2.07. The van der Waals surface area contributed by atoms with E-state index in [1.807, 2.05) is 30.3 Å². The number of rotatable bonds is 6. The zero-order valence-electron chi connectivity index (χ0n) is 12.0.